The molecule has 1 N–H and O–H groups in total. The summed E-state index contributed by atoms with van der Waals surface area (Å²) in [7, 11) is 0. The number of carboxylic acids is 1. The summed E-state index contributed by atoms with van der Waals surface area (Å²) in [6.07, 6.45) is 14.5. The second-order valence-electron chi connectivity index (χ2n) is 8.69. The van der Waals surface area contributed by atoms with E-state index in [0.717, 1.165) is 30.5 Å². The van der Waals surface area contributed by atoms with Gasteiger partial charge in [-0.25, -0.2) is 4.79 Å². The number of aryl methyl sites for hydroxylation is 1. The van der Waals surface area contributed by atoms with Crippen LogP contribution in [0, 0.1) is 0 Å². The third kappa shape index (κ3) is 8.35. The molecule has 0 saturated heterocycles. The minimum Gasteiger partial charge on any atom is -0.478 e. The topological polar surface area (TPSA) is 59.4 Å². The molecule has 0 aliphatic carbocycles. The number of ether oxygens (including phenoxy) is 1. The lowest BCUT2D eigenvalue weighted by Crippen LogP contribution is -2.41. The van der Waals surface area contributed by atoms with Crippen molar-refractivity contribution < 1.29 is 14.6 Å². The molecular formula is C27H39NO3. The van der Waals surface area contributed by atoms with E-state index >= 15 is 0 Å². The van der Waals surface area contributed by atoms with Crippen molar-refractivity contribution in [3.63, 3.8) is 0 Å². The highest BCUT2D eigenvalue weighted by Gasteiger charge is 2.34. The monoisotopic (exact) mass is 425 g/mol. The van der Waals surface area contributed by atoms with Gasteiger partial charge in [0.2, 0.25) is 5.60 Å². The Kier molecular flexibility index (Phi) is 10.6. The average Bonchev–Trinajstić information content (AvgIpc) is 2.78. The van der Waals surface area contributed by atoms with Crippen LogP contribution < -0.4 is 4.74 Å². The van der Waals surface area contributed by atoms with Crippen molar-refractivity contribution in [3.05, 3.63) is 48.2 Å². The fourth-order valence-corrected chi connectivity index (χ4v) is 3.70. The smallest absolute Gasteiger partial charge is 0.347 e. The lowest BCUT2D eigenvalue weighted by atomic mass is 9.99. The molecule has 2 aromatic rings. The first-order chi connectivity index (χ1) is 15.0. The Labute approximate surface area is 188 Å². The van der Waals surface area contributed by atoms with Gasteiger partial charge in [0, 0.05) is 11.8 Å². The number of aliphatic carboxylic acids is 1. The number of carbonyl (C=O) groups is 1. The largest absolute Gasteiger partial charge is 0.478 e. The zero-order valence-electron chi connectivity index (χ0n) is 19.5. The zero-order valence-corrected chi connectivity index (χ0v) is 19.5. The van der Waals surface area contributed by atoms with E-state index in [1.54, 1.807) is 6.92 Å². The van der Waals surface area contributed by atoms with E-state index in [1.165, 1.54) is 50.5 Å². The van der Waals surface area contributed by atoms with Crippen LogP contribution in [-0.2, 0) is 11.2 Å². The SMILES string of the molecule is CCCCCCCCCc1ccc(-c2ccc(OC(C)(CCCC)C(=O)O)cc2)nc1. The molecule has 0 aliphatic heterocycles. The Hall–Kier alpha value is -2.36. The second kappa shape index (κ2) is 13.1. The molecule has 0 spiro atoms. The number of hydrogen-bond acceptors (Lipinski definition) is 3. The molecule has 170 valence electrons. The summed E-state index contributed by atoms with van der Waals surface area (Å²) < 4.78 is 5.84. The van der Waals surface area contributed by atoms with Crippen molar-refractivity contribution in [3.8, 4) is 17.0 Å². The summed E-state index contributed by atoms with van der Waals surface area (Å²) in [4.78, 5) is 16.3. The molecule has 0 fully saturated rings. The van der Waals surface area contributed by atoms with Crippen LogP contribution >= 0.6 is 0 Å². The van der Waals surface area contributed by atoms with Gasteiger partial charge >= 0.3 is 5.97 Å². The lowest BCUT2D eigenvalue weighted by molar-refractivity contribution is -0.154. The van der Waals surface area contributed by atoms with Gasteiger partial charge in [-0.1, -0.05) is 64.9 Å². The lowest BCUT2D eigenvalue weighted by Gasteiger charge is -2.26. The van der Waals surface area contributed by atoms with Gasteiger partial charge in [-0.15, -0.1) is 0 Å². The molecule has 1 aromatic carbocycles. The molecule has 0 radical (unpaired) electrons. The van der Waals surface area contributed by atoms with Crippen LogP contribution in [0.1, 0.15) is 90.5 Å². The highest BCUT2D eigenvalue weighted by Crippen LogP contribution is 2.27. The van der Waals surface area contributed by atoms with Crippen molar-refractivity contribution >= 4 is 5.97 Å². The maximum absolute atomic E-state index is 11.7. The van der Waals surface area contributed by atoms with Crippen LogP contribution in [0.15, 0.2) is 42.6 Å². The van der Waals surface area contributed by atoms with Crippen LogP contribution in [0.25, 0.3) is 11.3 Å². The number of nitrogens with zero attached hydrogens (tertiary/aromatic N) is 1. The highest BCUT2D eigenvalue weighted by molar-refractivity contribution is 5.77. The Balaban J connectivity index is 1.87. The summed E-state index contributed by atoms with van der Waals surface area (Å²) in [6.45, 7) is 5.94. The van der Waals surface area contributed by atoms with Gasteiger partial charge in [0.15, 0.2) is 0 Å². The summed E-state index contributed by atoms with van der Waals surface area (Å²) in [6, 6.07) is 11.8. The third-order valence-electron chi connectivity index (χ3n) is 5.85. The molecule has 0 aliphatic rings. The Morgan fingerprint density at radius 3 is 2.13 bits per heavy atom. The van der Waals surface area contributed by atoms with E-state index in [-0.39, 0.29) is 0 Å². The predicted molar refractivity (Wildman–Crippen MR) is 128 cm³/mol. The van der Waals surface area contributed by atoms with Crippen molar-refractivity contribution in [1.29, 1.82) is 0 Å². The molecular weight excluding hydrogens is 386 g/mol. The molecule has 4 nitrogen and oxygen atoms in total. The molecule has 0 saturated carbocycles. The van der Waals surface area contributed by atoms with E-state index in [0.29, 0.717) is 12.2 Å². The van der Waals surface area contributed by atoms with Crippen molar-refractivity contribution in [1.82, 2.24) is 4.98 Å². The highest BCUT2D eigenvalue weighted by atomic mass is 16.5. The third-order valence-corrected chi connectivity index (χ3v) is 5.85. The number of hydrogen-bond donors (Lipinski definition) is 1. The van der Waals surface area contributed by atoms with Crippen LogP contribution in [0.3, 0.4) is 0 Å². The van der Waals surface area contributed by atoms with Crippen LogP contribution in [0.5, 0.6) is 5.75 Å². The number of rotatable bonds is 15. The Morgan fingerprint density at radius 1 is 0.903 bits per heavy atom. The molecule has 1 aromatic heterocycles. The van der Waals surface area contributed by atoms with E-state index < -0.39 is 11.6 Å². The number of unbranched alkanes of at least 4 members (excludes halogenated alkanes) is 7. The molecule has 1 heterocycles. The fourth-order valence-electron chi connectivity index (χ4n) is 3.70. The molecule has 0 bridgehead atoms. The van der Waals surface area contributed by atoms with Crippen molar-refractivity contribution in [2.24, 2.45) is 0 Å². The maximum atomic E-state index is 11.7. The first kappa shape index (κ1) is 24.9. The molecule has 1 atom stereocenters. The second-order valence-corrected chi connectivity index (χ2v) is 8.69. The molecule has 31 heavy (non-hydrogen) atoms. The first-order valence-corrected chi connectivity index (χ1v) is 12.0. The standard InChI is InChI=1S/C27H39NO3/c1-4-6-8-9-10-11-12-13-22-14-19-25(28-21-22)23-15-17-24(18-16-23)31-27(3,26(29)30)20-7-5-2/h14-19,21H,4-13,20H2,1-3H3,(H,29,30). The van der Waals surface area contributed by atoms with Gasteiger partial charge in [0.25, 0.3) is 0 Å². The number of pyridine rings is 1. The average molecular weight is 426 g/mol. The van der Waals surface area contributed by atoms with Crippen molar-refractivity contribution in [2.45, 2.75) is 97.0 Å². The van der Waals surface area contributed by atoms with Gasteiger partial charge in [-0.2, -0.15) is 0 Å². The van der Waals surface area contributed by atoms with Gasteiger partial charge in [-0.05, 0) is 68.5 Å². The fraction of sp³-hybridized carbons (Fsp3) is 0.556. The minimum atomic E-state index is -1.20. The Morgan fingerprint density at radius 2 is 1.55 bits per heavy atom. The molecule has 2 rings (SSSR count). The summed E-state index contributed by atoms with van der Waals surface area (Å²) >= 11 is 0. The number of carboxylic acid groups (broad SMARTS) is 1. The van der Waals surface area contributed by atoms with E-state index in [9.17, 15) is 9.90 Å². The molecule has 4 heteroatoms. The number of aromatic nitrogens is 1. The maximum Gasteiger partial charge on any atom is 0.347 e. The summed E-state index contributed by atoms with van der Waals surface area (Å²) in [5.74, 6) is -0.358. The quantitative estimate of drug-likeness (QED) is 0.301. The van der Waals surface area contributed by atoms with Gasteiger partial charge in [-0.3, -0.25) is 4.98 Å². The Bertz CT molecular complexity index is 770. The minimum absolute atomic E-state index is 0.488. The molecule has 1 unspecified atom stereocenters. The van der Waals surface area contributed by atoms with Crippen molar-refractivity contribution in [2.75, 3.05) is 0 Å². The normalized spacial score (nSPS) is 13.0. The van der Waals surface area contributed by atoms with Gasteiger partial charge in [0.05, 0.1) is 5.69 Å². The molecule has 0 amide bonds. The zero-order chi connectivity index (χ0) is 22.5. The van der Waals surface area contributed by atoms with E-state index in [4.69, 9.17) is 4.74 Å². The van der Waals surface area contributed by atoms with E-state index in [1.807, 2.05) is 37.4 Å². The van der Waals surface area contributed by atoms with Gasteiger partial charge in [0.1, 0.15) is 5.75 Å². The first-order valence-electron chi connectivity index (χ1n) is 12.0. The van der Waals surface area contributed by atoms with Gasteiger partial charge < -0.3 is 9.84 Å². The predicted octanol–water partition coefficient (Wildman–Crippen LogP) is 7.45. The summed E-state index contributed by atoms with van der Waals surface area (Å²) in [5.41, 5.74) is 2.00. The number of benzene rings is 1. The van der Waals surface area contributed by atoms with Crippen LogP contribution in [0.4, 0.5) is 0 Å². The van der Waals surface area contributed by atoms with E-state index in [2.05, 4.69) is 24.0 Å². The summed E-state index contributed by atoms with van der Waals surface area (Å²) in [5, 5.41) is 9.57. The van der Waals surface area contributed by atoms with Crippen LogP contribution in [0.2, 0.25) is 0 Å². The van der Waals surface area contributed by atoms with Crippen LogP contribution in [-0.4, -0.2) is 21.7 Å².